The largest absolute Gasteiger partial charge is 0.466 e. The minimum atomic E-state index is -0.751. The standard InChI is InChI=1S/C10H10ClNO4/c1-2-15-8(13)6-9(14)16-10-7(11)4-3-5-12-10/h3-5H,2,6H2,1H3. The molecule has 0 aromatic carbocycles. The lowest BCUT2D eigenvalue weighted by atomic mass is 10.4. The summed E-state index contributed by atoms with van der Waals surface area (Å²) in [5, 5.41) is 0.208. The maximum absolute atomic E-state index is 11.2. The molecular formula is C10H10ClNO4. The van der Waals surface area contributed by atoms with Crippen LogP contribution in [-0.2, 0) is 14.3 Å². The second-order valence-electron chi connectivity index (χ2n) is 2.75. The Labute approximate surface area is 97.3 Å². The normalized spacial score (nSPS) is 9.62. The molecule has 0 aliphatic rings. The molecule has 0 aliphatic carbocycles. The van der Waals surface area contributed by atoms with Crippen molar-refractivity contribution in [2.45, 2.75) is 13.3 Å². The van der Waals surface area contributed by atoms with Gasteiger partial charge < -0.3 is 9.47 Å². The first-order valence-corrected chi connectivity index (χ1v) is 4.98. The van der Waals surface area contributed by atoms with E-state index in [1.807, 2.05) is 0 Å². The maximum atomic E-state index is 11.2. The highest BCUT2D eigenvalue weighted by Gasteiger charge is 2.14. The molecule has 1 heterocycles. The Balaban J connectivity index is 2.52. The van der Waals surface area contributed by atoms with Crippen LogP contribution < -0.4 is 4.74 Å². The van der Waals surface area contributed by atoms with Gasteiger partial charge in [-0.1, -0.05) is 11.6 Å². The summed E-state index contributed by atoms with van der Waals surface area (Å²) in [7, 11) is 0. The first kappa shape index (κ1) is 12.4. The second kappa shape index (κ2) is 6.07. The summed E-state index contributed by atoms with van der Waals surface area (Å²) in [5.74, 6) is -1.41. The van der Waals surface area contributed by atoms with E-state index in [1.54, 1.807) is 13.0 Å². The van der Waals surface area contributed by atoms with Crippen LogP contribution in [0.1, 0.15) is 13.3 Å². The van der Waals surface area contributed by atoms with Crippen LogP contribution >= 0.6 is 11.6 Å². The van der Waals surface area contributed by atoms with Crippen LogP contribution in [-0.4, -0.2) is 23.5 Å². The fourth-order valence-corrected chi connectivity index (χ4v) is 1.08. The summed E-state index contributed by atoms with van der Waals surface area (Å²) in [6.45, 7) is 1.87. The fraction of sp³-hybridized carbons (Fsp3) is 0.300. The average molecular weight is 244 g/mol. The molecule has 0 unspecified atom stereocenters. The highest BCUT2D eigenvalue weighted by Crippen LogP contribution is 2.20. The third-order valence-electron chi connectivity index (χ3n) is 1.53. The molecule has 0 fully saturated rings. The van der Waals surface area contributed by atoms with Crippen LogP contribution in [0.15, 0.2) is 18.3 Å². The van der Waals surface area contributed by atoms with E-state index in [0.29, 0.717) is 0 Å². The smallest absolute Gasteiger partial charge is 0.323 e. The Kier molecular flexibility index (Phi) is 4.72. The first-order valence-electron chi connectivity index (χ1n) is 4.60. The number of nitrogens with zero attached hydrogens (tertiary/aromatic N) is 1. The molecule has 0 radical (unpaired) electrons. The van der Waals surface area contributed by atoms with E-state index in [4.69, 9.17) is 16.3 Å². The molecular weight excluding hydrogens is 234 g/mol. The average Bonchev–Trinajstić information content (AvgIpc) is 2.21. The molecule has 0 atom stereocenters. The monoisotopic (exact) mass is 243 g/mol. The molecule has 0 saturated heterocycles. The molecule has 0 amide bonds. The summed E-state index contributed by atoms with van der Waals surface area (Å²) < 4.78 is 9.37. The van der Waals surface area contributed by atoms with E-state index in [9.17, 15) is 9.59 Å². The third-order valence-corrected chi connectivity index (χ3v) is 1.82. The van der Waals surface area contributed by atoms with Crippen molar-refractivity contribution in [3.8, 4) is 5.88 Å². The molecule has 1 rings (SSSR count). The summed E-state index contributed by atoms with van der Waals surface area (Å²) in [6.07, 6.45) is 0.972. The SMILES string of the molecule is CCOC(=O)CC(=O)Oc1ncccc1Cl. The van der Waals surface area contributed by atoms with Gasteiger partial charge in [0, 0.05) is 6.20 Å². The van der Waals surface area contributed by atoms with Crippen LogP contribution in [0.5, 0.6) is 5.88 Å². The number of pyridine rings is 1. The van der Waals surface area contributed by atoms with Crippen LogP contribution in [0.4, 0.5) is 0 Å². The van der Waals surface area contributed by atoms with Crippen LogP contribution in [0, 0.1) is 0 Å². The van der Waals surface area contributed by atoms with Crippen molar-refractivity contribution in [2.75, 3.05) is 6.61 Å². The van der Waals surface area contributed by atoms with Gasteiger partial charge in [-0.25, -0.2) is 4.98 Å². The van der Waals surface area contributed by atoms with Crippen molar-refractivity contribution in [3.05, 3.63) is 23.4 Å². The van der Waals surface area contributed by atoms with Gasteiger partial charge in [0.25, 0.3) is 0 Å². The molecule has 86 valence electrons. The zero-order valence-electron chi connectivity index (χ0n) is 8.60. The number of rotatable bonds is 4. The molecule has 0 saturated carbocycles. The molecule has 16 heavy (non-hydrogen) atoms. The lowest BCUT2D eigenvalue weighted by Crippen LogP contribution is -2.16. The number of halogens is 1. The Bertz CT molecular complexity index is 394. The summed E-state index contributed by atoms with van der Waals surface area (Å²) in [5.41, 5.74) is 0. The van der Waals surface area contributed by atoms with E-state index >= 15 is 0 Å². The number of hydrogen-bond acceptors (Lipinski definition) is 5. The molecule has 5 nitrogen and oxygen atoms in total. The quantitative estimate of drug-likeness (QED) is 0.594. The minimum absolute atomic E-state index is 0.0153. The topological polar surface area (TPSA) is 65.5 Å². The number of hydrogen-bond donors (Lipinski definition) is 0. The van der Waals surface area contributed by atoms with E-state index in [0.717, 1.165) is 0 Å². The van der Waals surface area contributed by atoms with Crippen molar-refractivity contribution in [1.82, 2.24) is 4.98 Å². The summed E-state index contributed by atoms with van der Waals surface area (Å²) >= 11 is 5.71. The Morgan fingerprint density at radius 2 is 2.19 bits per heavy atom. The van der Waals surface area contributed by atoms with Crippen LogP contribution in [0.3, 0.4) is 0 Å². The lowest BCUT2D eigenvalue weighted by Gasteiger charge is -2.04. The van der Waals surface area contributed by atoms with Gasteiger partial charge in [0.15, 0.2) is 0 Å². The van der Waals surface area contributed by atoms with Gasteiger partial charge in [-0.05, 0) is 19.1 Å². The van der Waals surface area contributed by atoms with Gasteiger partial charge in [0.2, 0.25) is 5.88 Å². The van der Waals surface area contributed by atoms with E-state index in [-0.39, 0.29) is 17.5 Å². The summed E-state index contributed by atoms with van der Waals surface area (Å²) in [6, 6.07) is 3.13. The van der Waals surface area contributed by atoms with E-state index in [2.05, 4.69) is 9.72 Å². The van der Waals surface area contributed by atoms with E-state index < -0.39 is 18.4 Å². The number of aromatic nitrogens is 1. The van der Waals surface area contributed by atoms with Crippen molar-refractivity contribution >= 4 is 23.5 Å². The van der Waals surface area contributed by atoms with Gasteiger partial charge in [0.05, 0.1) is 6.61 Å². The number of esters is 2. The van der Waals surface area contributed by atoms with Crippen molar-refractivity contribution in [1.29, 1.82) is 0 Å². The maximum Gasteiger partial charge on any atom is 0.323 e. The van der Waals surface area contributed by atoms with Gasteiger partial charge in [-0.15, -0.1) is 0 Å². The lowest BCUT2D eigenvalue weighted by molar-refractivity contribution is -0.149. The van der Waals surface area contributed by atoms with Gasteiger partial charge in [-0.3, -0.25) is 9.59 Å². The second-order valence-corrected chi connectivity index (χ2v) is 3.15. The number of carbonyl (C=O) groups is 2. The number of carbonyl (C=O) groups excluding carboxylic acids is 2. The molecule has 0 spiro atoms. The van der Waals surface area contributed by atoms with E-state index in [1.165, 1.54) is 12.3 Å². The number of ether oxygens (including phenoxy) is 2. The predicted octanol–water partition coefficient (Wildman–Crippen LogP) is 1.59. The first-order chi connectivity index (χ1) is 7.63. The van der Waals surface area contributed by atoms with Crippen LogP contribution in [0.2, 0.25) is 5.02 Å². The Morgan fingerprint density at radius 1 is 1.44 bits per heavy atom. The van der Waals surface area contributed by atoms with Gasteiger partial charge >= 0.3 is 11.9 Å². The molecule has 0 aliphatic heterocycles. The van der Waals surface area contributed by atoms with Crippen molar-refractivity contribution < 1.29 is 19.1 Å². The highest BCUT2D eigenvalue weighted by molar-refractivity contribution is 6.31. The fourth-order valence-electron chi connectivity index (χ4n) is 0.920. The minimum Gasteiger partial charge on any atom is -0.466 e. The van der Waals surface area contributed by atoms with Crippen LogP contribution in [0.25, 0.3) is 0 Å². The predicted molar refractivity (Wildman–Crippen MR) is 56.1 cm³/mol. The summed E-state index contributed by atoms with van der Waals surface area (Å²) in [4.78, 5) is 25.9. The molecule has 6 heteroatoms. The Morgan fingerprint density at radius 3 is 2.81 bits per heavy atom. The molecule has 1 aromatic rings. The zero-order chi connectivity index (χ0) is 12.0. The third kappa shape index (κ3) is 3.86. The van der Waals surface area contributed by atoms with Gasteiger partial charge in [0.1, 0.15) is 11.4 Å². The Hall–Kier alpha value is -1.62. The van der Waals surface area contributed by atoms with Gasteiger partial charge in [-0.2, -0.15) is 0 Å². The van der Waals surface area contributed by atoms with Crippen molar-refractivity contribution in [2.24, 2.45) is 0 Å². The molecule has 1 aromatic heterocycles. The van der Waals surface area contributed by atoms with Crippen molar-refractivity contribution in [3.63, 3.8) is 0 Å². The molecule has 0 bridgehead atoms. The highest BCUT2D eigenvalue weighted by atomic mass is 35.5. The molecule has 0 N–H and O–H groups in total. The zero-order valence-corrected chi connectivity index (χ0v) is 9.36.